The van der Waals surface area contributed by atoms with Gasteiger partial charge < -0.3 is 10.6 Å². The number of para-hydroxylation sites is 1. The number of hydrogen-bond donors (Lipinski definition) is 2. The minimum atomic E-state index is -0.143. The first-order valence-corrected chi connectivity index (χ1v) is 6.71. The number of rotatable bonds is 3. The van der Waals surface area contributed by atoms with Crippen molar-refractivity contribution in [3.63, 3.8) is 0 Å². The largest absolute Gasteiger partial charge is 0.388 e. The van der Waals surface area contributed by atoms with Crippen molar-refractivity contribution in [2.75, 3.05) is 17.7 Å². The SMILES string of the molecule is CNc1ccc(C(=O)Nc2cccc3cccnc23)cc1. The van der Waals surface area contributed by atoms with Crippen molar-refractivity contribution in [2.24, 2.45) is 0 Å². The summed E-state index contributed by atoms with van der Waals surface area (Å²) in [7, 11) is 1.84. The number of hydrogen-bond acceptors (Lipinski definition) is 3. The van der Waals surface area contributed by atoms with Crippen molar-refractivity contribution in [1.29, 1.82) is 0 Å². The highest BCUT2D eigenvalue weighted by molar-refractivity contribution is 6.08. The fraction of sp³-hybridized carbons (Fsp3) is 0.0588. The number of amides is 1. The summed E-state index contributed by atoms with van der Waals surface area (Å²) in [5.41, 5.74) is 3.09. The topological polar surface area (TPSA) is 54.0 Å². The van der Waals surface area contributed by atoms with Gasteiger partial charge in [0.05, 0.1) is 11.2 Å². The Kier molecular flexibility index (Phi) is 3.51. The normalized spacial score (nSPS) is 10.3. The second-order valence-corrected chi connectivity index (χ2v) is 4.66. The Hall–Kier alpha value is -2.88. The van der Waals surface area contributed by atoms with Crippen LogP contribution in [0.2, 0.25) is 0 Å². The molecule has 3 rings (SSSR count). The molecule has 4 heteroatoms. The summed E-state index contributed by atoms with van der Waals surface area (Å²) in [6, 6.07) is 16.9. The molecular weight excluding hydrogens is 262 g/mol. The lowest BCUT2D eigenvalue weighted by molar-refractivity contribution is 0.102. The van der Waals surface area contributed by atoms with Crippen LogP contribution in [-0.2, 0) is 0 Å². The Balaban J connectivity index is 1.89. The third kappa shape index (κ3) is 2.69. The lowest BCUT2D eigenvalue weighted by atomic mass is 10.1. The molecule has 2 aromatic carbocycles. The number of nitrogens with zero attached hydrogens (tertiary/aromatic N) is 1. The van der Waals surface area contributed by atoms with Gasteiger partial charge in [0, 0.05) is 29.9 Å². The molecule has 2 N–H and O–H groups in total. The third-order valence-corrected chi connectivity index (χ3v) is 3.32. The number of anilines is 2. The van der Waals surface area contributed by atoms with E-state index in [2.05, 4.69) is 15.6 Å². The van der Waals surface area contributed by atoms with Crippen LogP contribution in [0.15, 0.2) is 60.8 Å². The zero-order valence-corrected chi connectivity index (χ0v) is 11.6. The van der Waals surface area contributed by atoms with E-state index >= 15 is 0 Å². The molecular formula is C17H15N3O. The number of carbonyl (C=O) groups excluding carboxylic acids is 1. The molecule has 0 unspecified atom stereocenters. The van der Waals surface area contributed by atoms with Crippen molar-refractivity contribution in [3.05, 3.63) is 66.4 Å². The Morgan fingerprint density at radius 1 is 1.00 bits per heavy atom. The second-order valence-electron chi connectivity index (χ2n) is 4.66. The Bertz CT molecular complexity index is 776. The Morgan fingerprint density at radius 3 is 2.52 bits per heavy atom. The van der Waals surface area contributed by atoms with Gasteiger partial charge in [0.2, 0.25) is 0 Å². The standard InChI is InChI=1S/C17H15N3O/c1-18-14-9-7-13(8-10-14)17(21)20-15-6-2-4-12-5-3-11-19-16(12)15/h2-11,18H,1H3,(H,20,21). The first kappa shape index (κ1) is 13.1. The zero-order chi connectivity index (χ0) is 14.7. The maximum Gasteiger partial charge on any atom is 0.255 e. The second kappa shape index (κ2) is 5.63. The molecule has 1 aromatic heterocycles. The summed E-state index contributed by atoms with van der Waals surface area (Å²) < 4.78 is 0. The van der Waals surface area contributed by atoms with Gasteiger partial charge in [0.15, 0.2) is 0 Å². The first-order chi connectivity index (χ1) is 10.3. The van der Waals surface area contributed by atoms with Crippen LogP contribution >= 0.6 is 0 Å². The first-order valence-electron chi connectivity index (χ1n) is 6.71. The molecule has 1 amide bonds. The maximum atomic E-state index is 12.3. The summed E-state index contributed by atoms with van der Waals surface area (Å²) in [5.74, 6) is -0.143. The smallest absolute Gasteiger partial charge is 0.255 e. The number of benzene rings is 2. The van der Waals surface area contributed by atoms with Gasteiger partial charge in [-0.25, -0.2) is 0 Å². The molecule has 0 atom stereocenters. The predicted molar refractivity (Wildman–Crippen MR) is 85.7 cm³/mol. The molecule has 0 saturated heterocycles. The van der Waals surface area contributed by atoms with Crippen molar-refractivity contribution in [1.82, 2.24) is 4.98 Å². The van der Waals surface area contributed by atoms with Crippen LogP contribution in [0.5, 0.6) is 0 Å². The van der Waals surface area contributed by atoms with Gasteiger partial charge in [-0.2, -0.15) is 0 Å². The third-order valence-electron chi connectivity index (χ3n) is 3.32. The van der Waals surface area contributed by atoms with Crippen molar-refractivity contribution >= 4 is 28.2 Å². The summed E-state index contributed by atoms with van der Waals surface area (Å²) in [6.45, 7) is 0. The van der Waals surface area contributed by atoms with Crippen molar-refractivity contribution < 1.29 is 4.79 Å². The minimum Gasteiger partial charge on any atom is -0.388 e. The van der Waals surface area contributed by atoms with E-state index in [1.807, 2.05) is 49.5 Å². The highest BCUT2D eigenvalue weighted by Crippen LogP contribution is 2.21. The highest BCUT2D eigenvalue weighted by atomic mass is 16.1. The molecule has 0 fully saturated rings. The van der Waals surface area contributed by atoms with Crippen LogP contribution in [0.3, 0.4) is 0 Å². The van der Waals surface area contributed by atoms with Crippen LogP contribution < -0.4 is 10.6 Å². The maximum absolute atomic E-state index is 12.3. The lowest BCUT2D eigenvalue weighted by Gasteiger charge is -2.08. The van der Waals surface area contributed by atoms with Crippen LogP contribution in [0, 0.1) is 0 Å². The molecule has 0 aliphatic carbocycles. The quantitative estimate of drug-likeness (QED) is 0.770. The number of aromatic nitrogens is 1. The molecule has 0 bridgehead atoms. The highest BCUT2D eigenvalue weighted by Gasteiger charge is 2.08. The molecule has 0 aliphatic heterocycles. The van der Waals surface area contributed by atoms with Crippen LogP contribution in [-0.4, -0.2) is 17.9 Å². The van der Waals surface area contributed by atoms with E-state index in [9.17, 15) is 4.79 Å². The van der Waals surface area contributed by atoms with Crippen molar-refractivity contribution in [2.45, 2.75) is 0 Å². The van der Waals surface area contributed by atoms with Gasteiger partial charge in [0.25, 0.3) is 5.91 Å². The zero-order valence-electron chi connectivity index (χ0n) is 11.6. The van der Waals surface area contributed by atoms with Gasteiger partial charge in [-0.05, 0) is 36.4 Å². The molecule has 1 heterocycles. The fourth-order valence-corrected chi connectivity index (χ4v) is 2.19. The molecule has 0 aliphatic rings. The number of carbonyl (C=O) groups is 1. The molecule has 0 saturated carbocycles. The molecule has 0 spiro atoms. The van der Waals surface area contributed by atoms with E-state index in [0.29, 0.717) is 5.56 Å². The summed E-state index contributed by atoms with van der Waals surface area (Å²) in [5, 5.41) is 6.94. The van der Waals surface area contributed by atoms with Crippen LogP contribution in [0.1, 0.15) is 10.4 Å². The molecule has 4 nitrogen and oxygen atoms in total. The van der Waals surface area contributed by atoms with Gasteiger partial charge in [-0.3, -0.25) is 9.78 Å². The number of pyridine rings is 1. The van der Waals surface area contributed by atoms with E-state index in [1.165, 1.54) is 0 Å². The van der Waals surface area contributed by atoms with E-state index in [-0.39, 0.29) is 5.91 Å². The minimum absolute atomic E-state index is 0.143. The van der Waals surface area contributed by atoms with Crippen LogP contribution in [0.4, 0.5) is 11.4 Å². The number of nitrogens with one attached hydrogen (secondary N) is 2. The monoisotopic (exact) mass is 277 g/mol. The average Bonchev–Trinajstić information content (AvgIpc) is 2.55. The van der Waals surface area contributed by atoms with Crippen LogP contribution in [0.25, 0.3) is 10.9 Å². The predicted octanol–water partition coefficient (Wildman–Crippen LogP) is 3.53. The summed E-state index contributed by atoms with van der Waals surface area (Å²) >= 11 is 0. The fourth-order valence-electron chi connectivity index (χ4n) is 2.19. The van der Waals surface area contributed by atoms with Gasteiger partial charge in [0.1, 0.15) is 0 Å². The Morgan fingerprint density at radius 2 is 1.76 bits per heavy atom. The Labute approximate surface area is 122 Å². The number of fused-ring (bicyclic) bond motifs is 1. The molecule has 0 radical (unpaired) electrons. The van der Waals surface area contributed by atoms with Gasteiger partial charge in [-0.15, -0.1) is 0 Å². The summed E-state index contributed by atoms with van der Waals surface area (Å²) in [6.07, 6.45) is 1.72. The average molecular weight is 277 g/mol. The van der Waals surface area contributed by atoms with Gasteiger partial charge in [-0.1, -0.05) is 18.2 Å². The van der Waals surface area contributed by atoms with E-state index in [0.717, 1.165) is 22.3 Å². The molecule has 21 heavy (non-hydrogen) atoms. The van der Waals surface area contributed by atoms with Crippen molar-refractivity contribution in [3.8, 4) is 0 Å². The van der Waals surface area contributed by atoms with Gasteiger partial charge >= 0.3 is 0 Å². The molecule has 3 aromatic rings. The molecule has 104 valence electrons. The van der Waals surface area contributed by atoms with E-state index in [4.69, 9.17) is 0 Å². The van der Waals surface area contributed by atoms with E-state index < -0.39 is 0 Å². The summed E-state index contributed by atoms with van der Waals surface area (Å²) in [4.78, 5) is 16.6. The lowest BCUT2D eigenvalue weighted by Crippen LogP contribution is -2.12. The van der Waals surface area contributed by atoms with E-state index in [1.54, 1.807) is 18.3 Å².